The van der Waals surface area contributed by atoms with Gasteiger partial charge in [-0.2, -0.15) is 0 Å². The molecule has 3 aliphatic heterocycles. The van der Waals surface area contributed by atoms with Crippen molar-refractivity contribution in [1.29, 1.82) is 0 Å². The number of hydrogen-bond acceptors (Lipinski definition) is 12. The molecule has 12 nitrogen and oxygen atoms in total. The first-order chi connectivity index (χ1) is 21.7. The van der Waals surface area contributed by atoms with Crippen molar-refractivity contribution in [2.75, 3.05) is 14.2 Å². The molecular formula is C33H40O12Si. The first-order valence-electron chi connectivity index (χ1n) is 14.9. The number of aromatic hydroxyl groups is 2. The Morgan fingerprint density at radius 2 is 1.15 bits per heavy atom. The zero-order valence-corrected chi connectivity index (χ0v) is 27.8. The van der Waals surface area contributed by atoms with Gasteiger partial charge < -0.3 is 47.8 Å². The molecule has 2 aromatic carbocycles. The standard InChI is InChI=1S/C33H40O12Si/c1-33(2,3)46(6,7)45-31-29-26(40-24(36)14-10-18-8-12-20(34)22(16-18)38-4)28-27(30(31)44-32(42-28)43-29)41-25(37)15-11-19-9-13-21(35)23(17-19)39-5/h8-17,26-32,34-35H,1-7H3/b14-10+,15-11+/t26-,27+,28?,29+,30-,31?,32?. The van der Waals surface area contributed by atoms with Crippen LogP contribution in [0.5, 0.6) is 23.0 Å². The fraction of sp³-hybridized carbons (Fsp3) is 0.455. The Labute approximate surface area is 268 Å². The number of carbonyl (C=O) groups is 2. The monoisotopic (exact) mass is 656 g/mol. The normalized spacial score (nSPS) is 27.2. The Hall–Kier alpha value is -3.88. The van der Waals surface area contributed by atoms with Gasteiger partial charge in [0.15, 0.2) is 43.5 Å². The second-order valence-electron chi connectivity index (χ2n) is 12.8. The summed E-state index contributed by atoms with van der Waals surface area (Å²) in [6, 6.07) is 9.30. The highest BCUT2D eigenvalue weighted by Crippen LogP contribution is 2.47. The van der Waals surface area contributed by atoms with Crippen molar-refractivity contribution in [3.05, 3.63) is 59.7 Å². The lowest BCUT2D eigenvalue weighted by Gasteiger charge is -2.59. The van der Waals surface area contributed by atoms with Gasteiger partial charge in [0.05, 0.1) is 14.2 Å². The van der Waals surface area contributed by atoms with E-state index in [1.54, 1.807) is 24.3 Å². The lowest BCUT2D eigenvalue weighted by Crippen LogP contribution is -2.77. The van der Waals surface area contributed by atoms with E-state index in [1.807, 2.05) is 0 Å². The molecule has 2 N–H and O–H groups in total. The second-order valence-corrected chi connectivity index (χ2v) is 17.5. The highest BCUT2D eigenvalue weighted by atomic mass is 28.4. The van der Waals surface area contributed by atoms with Crippen LogP contribution in [0.15, 0.2) is 48.6 Å². The number of hydrogen-bond donors (Lipinski definition) is 2. The number of benzene rings is 2. The summed E-state index contributed by atoms with van der Waals surface area (Å²) >= 11 is 0. The minimum Gasteiger partial charge on any atom is -0.504 e. The van der Waals surface area contributed by atoms with E-state index in [0.717, 1.165) is 0 Å². The molecule has 1 saturated carbocycles. The Bertz CT molecular complexity index is 1420. The molecule has 248 valence electrons. The third kappa shape index (κ3) is 6.93. The quantitative estimate of drug-likeness (QED) is 0.210. The highest BCUT2D eigenvalue weighted by Gasteiger charge is 2.66. The maximum atomic E-state index is 13.1. The minimum absolute atomic E-state index is 0.0293. The van der Waals surface area contributed by atoms with Gasteiger partial charge in [-0.25, -0.2) is 9.59 Å². The summed E-state index contributed by atoms with van der Waals surface area (Å²) < 4.78 is 46.9. The topological polar surface area (TPSA) is 148 Å². The van der Waals surface area contributed by atoms with Crippen molar-refractivity contribution in [2.45, 2.75) is 82.0 Å². The maximum Gasteiger partial charge on any atom is 0.331 e. The summed E-state index contributed by atoms with van der Waals surface area (Å²) in [5.41, 5.74) is 1.20. The number of esters is 2. The smallest absolute Gasteiger partial charge is 0.331 e. The molecule has 2 aromatic rings. The predicted molar refractivity (Wildman–Crippen MR) is 168 cm³/mol. The zero-order chi connectivity index (χ0) is 33.4. The van der Waals surface area contributed by atoms with E-state index in [4.69, 9.17) is 37.6 Å². The van der Waals surface area contributed by atoms with E-state index in [9.17, 15) is 19.8 Å². The molecule has 0 amide bonds. The number of methoxy groups -OCH3 is 2. The molecular weight excluding hydrogens is 616 g/mol. The SMILES string of the molecule is COc1cc(/C=C/C(=O)O[C@@H]2C3OC4O[C@@H]2C(O[Si](C)(C)C(C)(C)C)[C@H](O4)[C@H]3OC(=O)/C=C/c2ccc(O)c(OC)c2)ccc1O. The van der Waals surface area contributed by atoms with E-state index in [-0.39, 0.29) is 28.0 Å². The number of ether oxygens (including phenoxy) is 7. The number of phenols is 2. The van der Waals surface area contributed by atoms with Crippen molar-refractivity contribution in [1.82, 2.24) is 0 Å². The first kappa shape index (κ1) is 33.5. The van der Waals surface area contributed by atoms with E-state index in [1.165, 1.54) is 50.7 Å². The zero-order valence-electron chi connectivity index (χ0n) is 26.8. The molecule has 46 heavy (non-hydrogen) atoms. The van der Waals surface area contributed by atoms with E-state index in [0.29, 0.717) is 11.1 Å². The van der Waals surface area contributed by atoms with Crippen LogP contribution in [0.4, 0.5) is 0 Å². The van der Waals surface area contributed by atoms with Gasteiger partial charge >= 0.3 is 11.9 Å². The Balaban J connectivity index is 1.39. The molecule has 3 saturated heterocycles. The Morgan fingerprint density at radius 1 is 0.739 bits per heavy atom. The summed E-state index contributed by atoms with van der Waals surface area (Å²) in [5.74, 6) is -0.916. The van der Waals surface area contributed by atoms with Crippen LogP contribution in [0.2, 0.25) is 18.1 Å². The number of carbonyl (C=O) groups excluding carboxylic acids is 2. The van der Waals surface area contributed by atoms with E-state index >= 15 is 0 Å². The van der Waals surface area contributed by atoms with Crippen LogP contribution in [0.25, 0.3) is 12.2 Å². The average molecular weight is 657 g/mol. The molecule has 1 aliphatic carbocycles. The van der Waals surface area contributed by atoms with Crippen LogP contribution in [0.3, 0.4) is 0 Å². The van der Waals surface area contributed by atoms with Crippen LogP contribution >= 0.6 is 0 Å². The third-order valence-corrected chi connectivity index (χ3v) is 13.2. The van der Waals surface area contributed by atoms with Crippen molar-refractivity contribution < 1.29 is 57.4 Å². The van der Waals surface area contributed by atoms with Gasteiger partial charge in [0.2, 0.25) is 0 Å². The van der Waals surface area contributed by atoms with Crippen LogP contribution in [0.1, 0.15) is 31.9 Å². The molecule has 4 fully saturated rings. The summed E-state index contributed by atoms with van der Waals surface area (Å²) in [6.45, 7) is 9.42. The second kappa shape index (κ2) is 13.1. The Kier molecular flexibility index (Phi) is 9.52. The molecule has 0 aromatic heterocycles. The van der Waals surface area contributed by atoms with E-state index in [2.05, 4.69) is 33.9 Å². The summed E-state index contributed by atoms with van der Waals surface area (Å²) in [4.78, 5) is 26.3. The minimum atomic E-state index is -2.42. The van der Waals surface area contributed by atoms with Gasteiger partial charge in [0.1, 0.15) is 24.4 Å². The van der Waals surface area contributed by atoms with Crippen LogP contribution < -0.4 is 9.47 Å². The van der Waals surface area contributed by atoms with Gasteiger partial charge in [0, 0.05) is 12.2 Å². The molecule has 0 spiro atoms. The van der Waals surface area contributed by atoms with Crippen molar-refractivity contribution in [3.63, 3.8) is 0 Å². The van der Waals surface area contributed by atoms with E-state index < -0.39 is 63.4 Å². The summed E-state index contributed by atoms with van der Waals surface area (Å²) in [7, 11) is 0.434. The van der Waals surface area contributed by atoms with Crippen LogP contribution in [-0.2, 0) is 37.7 Å². The highest BCUT2D eigenvalue weighted by molar-refractivity contribution is 6.74. The van der Waals surface area contributed by atoms with Gasteiger partial charge in [-0.05, 0) is 65.7 Å². The van der Waals surface area contributed by atoms with Crippen LogP contribution in [0, 0.1) is 0 Å². The lowest BCUT2D eigenvalue weighted by molar-refractivity contribution is -0.478. The molecule has 7 atom stereocenters. The lowest BCUT2D eigenvalue weighted by atomic mass is 9.82. The molecule has 0 radical (unpaired) electrons. The Morgan fingerprint density at radius 3 is 1.54 bits per heavy atom. The van der Waals surface area contributed by atoms with Crippen molar-refractivity contribution in [2.24, 2.45) is 0 Å². The van der Waals surface area contributed by atoms with Crippen molar-refractivity contribution in [3.8, 4) is 23.0 Å². The van der Waals surface area contributed by atoms with Crippen molar-refractivity contribution >= 4 is 32.4 Å². The molecule has 3 heterocycles. The number of phenolic OH excluding ortho intramolecular Hbond substituents is 2. The third-order valence-electron chi connectivity index (χ3n) is 8.72. The van der Waals surface area contributed by atoms with Gasteiger partial charge in [-0.3, -0.25) is 0 Å². The number of rotatable bonds is 10. The summed E-state index contributed by atoms with van der Waals surface area (Å²) in [6.07, 6.45) is 0.476. The average Bonchev–Trinajstić information content (AvgIpc) is 3.00. The predicted octanol–water partition coefficient (Wildman–Crippen LogP) is 4.54. The molecule has 13 heteroatoms. The molecule has 6 rings (SSSR count). The van der Waals surface area contributed by atoms with Gasteiger partial charge in [-0.15, -0.1) is 0 Å². The fourth-order valence-electron chi connectivity index (χ4n) is 5.26. The first-order valence-corrected chi connectivity index (χ1v) is 17.8. The largest absolute Gasteiger partial charge is 0.504 e. The maximum absolute atomic E-state index is 13.1. The molecule has 3 unspecified atom stereocenters. The van der Waals surface area contributed by atoms with Gasteiger partial charge in [0.25, 0.3) is 6.48 Å². The molecule has 4 bridgehead atoms. The fourth-order valence-corrected chi connectivity index (χ4v) is 6.56. The summed E-state index contributed by atoms with van der Waals surface area (Å²) in [5, 5.41) is 19.6. The van der Waals surface area contributed by atoms with Gasteiger partial charge in [-0.1, -0.05) is 32.9 Å². The molecule has 4 aliphatic rings. The van der Waals surface area contributed by atoms with Crippen LogP contribution in [-0.4, -0.2) is 87.8 Å².